The van der Waals surface area contributed by atoms with Gasteiger partial charge in [0.05, 0.1) is 0 Å². The summed E-state index contributed by atoms with van der Waals surface area (Å²) in [5.74, 6) is 0.452. The first-order chi connectivity index (χ1) is 12.3. The van der Waals surface area contributed by atoms with Crippen molar-refractivity contribution in [2.75, 3.05) is 0 Å². The SMILES string of the molecule is CCCCCCCCCc1ccccc1O.[Ba+2].[CH2-]CCCCCCCC. The van der Waals surface area contributed by atoms with Gasteiger partial charge in [0.15, 0.2) is 0 Å². The van der Waals surface area contributed by atoms with Crippen LogP contribution in [0.1, 0.15) is 109 Å². The third-order valence-corrected chi connectivity index (χ3v) is 4.64. The molecule has 0 unspecified atom stereocenters. The molecule has 0 heterocycles. The molecule has 0 radical (unpaired) electrons. The number of unbranched alkanes of at least 4 members (excludes halogenated alkanes) is 12. The standard InChI is InChI=1S/C15H24O.C9H19.Ba/c1-2-3-4-5-6-7-8-11-14-12-9-10-13-15(14)16;1-3-5-7-9-8-6-4-2;/h9-10,12-13,16H,2-8,11H2,1H3;1,3-9H2,2H3;/q;-1;+2. The zero-order valence-electron chi connectivity index (χ0n) is 17.8. The van der Waals surface area contributed by atoms with Crippen molar-refractivity contribution in [2.45, 2.75) is 110 Å². The van der Waals surface area contributed by atoms with Crippen LogP contribution in [0.3, 0.4) is 0 Å². The van der Waals surface area contributed by atoms with Crippen molar-refractivity contribution in [1.29, 1.82) is 0 Å². The Bertz CT molecular complexity index is 372. The number of phenolic OH excluding ortho intramolecular Hbond substituents is 1. The van der Waals surface area contributed by atoms with Crippen LogP contribution in [0.5, 0.6) is 5.75 Å². The van der Waals surface area contributed by atoms with E-state index in [4.69, 9.17) is 0 Å². The van der Waals surface area contributed by atoms with Crippen molar-refractivity contribution in [1.82, 2.24) is 0 Å². The van der Waals surface area contributed by atoms with Crippen molar-refractivity contribution >= 4 is 48.9 Å². The summed E-state index contributed by atoms with van der Waals surface area (Å²) in [7, 11) is 0. The minimum Gasteiger partial charge on any atom is -0.508 e. The second-order valence-corrected chi connectivity index (χ2v) is 7.12. The Labute approximate surface area is 204 Å². The molecule has 0 amide bonds. The first-order valence-corrected chi connectivity index (χ1v) is 10.8. The Morgan fingerprint density at radius 3 is 1.65 bits per heavy atom. The van der Waals surface area contributed by atoms with E-state index in [1.165, 1.54) is 83.5 Å². The topological polar surface area (TPSA) is 20.2 Å². The molecule has 1 rings (SSSR count). The Balaban J connectivity index is 0. The van der Waals surface area contributed by atoms with Gasteiger partial charge in [-0.25, -0.2) is 0 Å². The van der Waals surface area contributed by atoms with E-state index in [-0.39, 0.29) is 48.9 Å². The summed E-state index contributed by atoms with van der Waals surface area (Å²) in [5.41, 5.74) is 1.09. The van der Waals surface area contributed by atoms with E-state index in [0.717, 1.165) is 18.4 Å². The molecule has 1 aromatic rings. The monoisotopic (exact) mass is 485 g/mol. The average molecular weight is 485 g/mol. The van der Waals surface area contributed by atoms with Crippen molar-refractivity contribution in [2.24, 2.45) is 0 Å². The molecule has 0 fully saturated rings. The molecule has 26 heavy (non-hydrogen) atoms. The van der Waals surface area contributed by atoms with E-state index in [0.29, 0.717) is 5.75 Å². The molecule has 0 aliphatic heterocycles. The molecule has 2 heteroatoms. The molecule has 146 valence electrons. The molecule has 1 N–H and O–H groups in total. The van der Waals surface area contributed by atoms with Crippen LogP contribution in [0.25, 0.3) is 0 Å². The molecule has 0 aliphatic carbocycles. The van der Waals surface area contributed by atoms with Crippen LogP contribution in [0.4, 0.5) is 0 Å². The van der Waals surface area contributed by atoms with Crippen molar-refractivity contribution in [3.05, 3.63) is 36.8 Å². The largest absolute Gasteiger partial charge is 2.00 e. The quantitative estimate of drug-likeness (QED) is 0.162. The summed E-state index contributed by atoms with van der Waals surface area (Å²) in [5, 5.41) is 9.58. The maximum absolute atomic E-state index is 9.58. The average Bonchev–Trinajstić information content (AvgIpc) is 2.63. The third kappa shape index (κ3) is 19.4. The maximum Gasteiger partial charge on any atom is 2.00 e. The van der Waals surface area contributed by atoms with Crippen LogP contribution < -0.4 is 0 Å². The Morgan fingerprint density at radius 2 is 1.15 bits per heavy atom. The number of aryl methyl sites for hydroxylation is 1. The van der Waals surface area contributed by atoms with Crippen LogP contribution in [0, 0.1) is 6.92 Å². The van der Waals surface area contributed by atoms with Gasteiger partial charge in [0.2, 0.25) is 0 Å². The zero-order valence-corrected chi connectivity index (χ0v) is 22.2. The Morgan fingerprint density at radius 1 is 0.692 bits per heavy atom. The van der Waals surface area contributed by atoms with E-state index in [2.05, 4.69) is 20.8 Å². The van der Waals surface area contributed by atoms with Crippen LogP contribution in [0.2, 0.25) is 0 Å². The van der Waals surface area contributed by atoms with Crippen molar-refractivity contribution < 1.29 is 5.11 Å². The van der Waals surface area contributed by atoms with E-state index in [1.807, 2.05) is 18.2 Å². The molecule has 1 aromatic carbocycles. The van der Waals surface area contributed by atoms with Gasteiger partial charge in [-0.05, 0) is 24.5 Å². The second-order valence-electron chi connectivity index (χ2n) is 7.12. The molecule has 1 nitrogen and oxygen atoms in total. The minimum atomic E-state index is 0. The number of aromatic hydroxyl groups is 1. The fourth-order valence-electron chi connectivity index (χ4n) is 2.95. The molecule has 0 saturated carbocycles. The Hall–Kier alpha value is 0.591. The van der Waals surface area contributed by atoms with Gasteiger partial charge in [0, 0.05) is 0 Å². The summed E-state index contributed by atoms with van der Waals surface area (Å²) < 4.78 is 0. The van der Waals surface area contributed by atoms with E-state index in [9.17, 15) is 5.11 Å². The van der Waals surface area contributed by atoms with Gasteiger partial charge in [-0.2, -0.15) is 6.42 Å². The number of phenols is 1. The summed E-state index contributed by atoms with van der Waals surface area (Å²) in [4.78, 5) is 0. The number of benzene rings is 1. The van der Waals surface area contributed by atoms with Crippen LogP contribution in [0.15, 0.2) is 24.3 Å². The van der Waals surface area contributed by atoms with Crippen LogP contribution >= 0.6 is 0 Å². The summed E-state index contributed by atoms with van der Waals surface area (Å²) in [6.45, 7) is 8.30. The van der Waals surface area contributed by atoms with Gasteiger partial charge in [-0.15, -0.1) is 0 Å². The number of para-hydroxylation sites is 1. The number of hydrogen-bond donors (Lipinski definition) is 1. The first kappa shape index (κ1) is 28.8. The molecular weight excluding hydrogens is 442 g/mol. The molecule has 0 spiro atoms. The number of rotatable bonds is 14. The van der Waals surface area contributed by atoms with Crippen molar-refractivity contribution in [3.8, 4) is 5.75 Å². The normalized spacial score (nSPS) is 9.96. The molecule has 0 aromatic heterocycles. The fraction of sp³-hybridized carbons (Fsp3) is 0.708. The van der Waals surface area contributed by atoms with Gasteiger partial charge in [-0.1, -0.05) is 109 Å². The minimum absolute atomic E-state index is 0. The predicted octanol–water partition coefficient (Wildman–Crippen LogP) is 7.88. The number of hydrogen-bond acceptors (Lipinski definition) is 1. The smallest absolute Gasteiger partial charge is 0.508 e. The zero-order chi connectivity index (χ0) is 18.6. The summed E-state index contributed by atoms with van der Waals surface area (Å²) >= 11 is 0. The predicted molar refractivity (Wildman–Crippen MR) is 119 cm³/mol. The first-order valence-electron chi connectivity index (χ1n) is 10.8. The van der Waals surface area contributed by atoms with Gasteiger partial charge in [0.1, 0.15) is 5.75 Å². The second kappa shape index (κ2) is 23.6. The van der Waals surface area contributed by atoms with Crippen LogP contribution in [-0.4, -0.2) is 54.0 Å². The van der Waals surface area contributed by atoms with E-state index >= 15 is 0 Å². The van der Waals surface area contributed by atoms with Gasteiger partial charge in [-0.3, -0.25) is 0 Å². The third-order valence-electron chi connectivity index (χ3n) is 4.64. The van der Waals surface area contributed by atoms with Gasteiger partial charge >= 0.3 is 48.9 Å². The summed E-state index contributed by atoms with van der Waals surface area (Å²) in [6, 6.07) is 7.67. The molecular formula is C24H43BaO+. The molecule has 0 bridgehead atoms. The Kier molecular flexibility index (Phi) is 26.2. The van der Waals surface area contributed by atoms with Gasteiger partial charge < -0.3 is 12.0 Å². The summed E-state index contributed by atoms with van der Waals surface area (Å²) in [6.07, 6.45) is 19.7. The molecule has 0 saturated heterocycles. The van der Waals surface area contributed by atoms with Crippen molar-refractivity contribution in [3.63, 3.8) is 0 Å². The van der Waals surface area contributed by atoms with Crippen LogP contribution in [-0.2, 0) is 6.42 Å². The fourth-order valence-corrected chi connectivity index (χ4v) is 2.95. The van der Waals surface area contributed by atoms with E-state index in [1.54, 1.807) is 6.07 Å². The van der Waals surface area contributed by atoms with Gasteiger partial charge in [0.25, 0.3) is 0 Å². The molecule has 0 atom stereocenters. The molecule has 0 aliphatic rings. The van der Waals surface area contributed by atoms with E-state index < -0.39 is 0 Å². The maximum atomic E-state index is 9.58.